The van der Waals surface area contributed by atoms with Crippen LogP contribution in [0.5, 0.6) is 0 Å². The molecule has 0 aliphatic carbocycles. The molecule has 1 aromatic heterocycles. The van der Waals surface area contributed by atoms with Gasteiger partial charge in [0.15, 0.2) is 5.96 Å². The van der Waals surface area contributed by atoms with Crippen molar-refractivity contribution in [2.24, 2.45) is 4.99 Å². The van der Waals surface area contributed by atoms with Crippen LogP contribution >= 0.6 is 0 Å². The monoisotopic (exact) mass is 339 g/mol. The van der Waals surface area contributed by atoms with Crippen molar-refractivity contribution in [3.63, 3.8) is 0 Å². The molecule has 2 rings (SSSR count). The maximum absolute atomic E-state index is 12.2. The number of hydrogen-bond acceptors (Lipinski definition) is 3. The standard InChI is InChI=1S/C19H25N5O/c1-20-19(22-14-16-8-4-3-5-9-16)23-15-18(25)24(2)13-11-17-10-6-7-12-21-17/h3-10,12H,11,13-15H2,1-2H3,(H2,20,22,23). The molecule has 0 radical (unpaired) electrons. The normalized spacial score (nSPS) is 11.0. The van der Waals surface area contributed by atoms with Gasteiger partial charge in [0.2, 0.25) is 5.91 Å². The Morgan fingerprint density at radius 2 is 1.88 bits per heavy atom. The zero-order chi connectivity index (χ0) is 17.9. The topological polar surface area (TPSA) is 69.6 Å². The van der Waals surface area contributed by atoms with E-state index in [4.69, 9.17) is 0 Å². The first-order valence-corrected chi connectivity index (χ1v) is 8.31. The molecule has 6 nitrogen and oxygen atoms in total. The van der Waals surface area contributed by atoms with E-state index in [9.17, 15) is 4.79 Å². The fourth-order valence-electron chi connectivity index (χ4n) is 2.25. The van der Waals surface area contributed by atoms with Gasteiger partial charge in [-0.3, -0.25) is 14.8 Å². The molecule has 0 atom stereocenters. The van der Waals surface area contributed by atoms with E-state index in [1.54, 1.807) is 25.2 Å². The number of pyridine rings is 1. The maximum Gasteiger partial charge on any atom is 0.241 e. The molecule has 1 aromatic carbocycles. The first kappa shape index (κ1) is 18.4. The molecule has 2 N–H and O–H groups in total. The highest BCUT2D eigenvalue weighted by atomic mass is 16.2. The number of benzene rings is 1. The molecule has 25 heavy (non-hydrogen) atoms. The van der Waals surface area contributed by atoms with Crippen molar-refractivity contribution < 1.29 is 4.79 Å². The molecule has 1 amide bonds. The van der Waals surface area contributed by atoms with E-state index in [0.717, 1.165) is 17.7 Å². The highest BCUT2D eigenvalue weighted by Gasteiger charge is 2.09. The number of carbonyl (C=O) groups excluding carboxylic acids is 1. The average molecular weight is 339 g/mol. The Balaban J connectivity index is 1.71. The molecule has 1 heterocycles. The zero-order valence-corrected chi connectivity index (χ0v) is 14.8. The van der Waals surface area contributed by atoms with Crippen molar-refractivity contribution in [3.8, 4) is 0 Å². The lowest BCUT2D eigenvalue weighted by atomic mass is 10.2. The highest BCUT2D eigenvalue weighted by molar-refractivity contribution is 5.86. The number of amides is 1. The van der Waals surface area contributed by atoms with Crippen molar-refractivity contribution in [2.45, 2.75) is 13.0 Å². The summed E-state index contributed by atoms with van der Waals surface area (Å²) in [6.07, 6.45) is 2.51. The smallest absolute Gasteiger partial charge is 0.241 e. The first-order chi connectivity index (χ1) is 12.2. The third-order valence-electron chi connectivity index (χ3n) is 3.79. The van der Waals surface area contributed by atoms with Gasteiger partial charge < -0.3 is 15.5 Å². The minimum absolute atomic E-state index is 0.0126. The third-order valence-corrected chi connectivity index (χ3v) is 3.79. The molecule has 0 saturated carbocycles. The van der Waals surface area contributed by atoms with Gasteiger partial charge in [-0.15, -0.1) is 0 Å². The lowest BCUT2D eigenvalue weighted by Crippen LogP contribution is -2.43. The van der Waals surface area contributed by atoms with E-state index in [-0.39, 0.29) is 12.5 Å². The minimum atomic E-state index is 0.0126. The van der Waals surface area contributed by atoms with E-state index in [1.807, 2.05) is 48.5 Å². The summed E-state index contributed by atoms with van der Waals surface area (Å²) in [5.41, 5.74) is 2.14. The first-order valence-electron chi connectivity index (χ1n) is 8.31. The van der Waals surface area contributed by atoms with Gasteiger partial charge in [-0.2, -0.15) is 0 Å². The lowest BCUT2D eigenvalue weighted by molar-refractivity contribution is -0.128. The predicted octanol–water partition coefficient (Wildman–Crippen LogP) is 1.45. The average Bonchev–Trinajstić information content (AvgIpc) is 2.67. The summed E-state index contributed by atoms with van der Waals surface area (Å²) >= 11 is 0. The van der Waals surface area contributed by atoms with E-state index >= 15 is 0 Å². The van der Waals surface area contributed by atoms with Crippen molar-refractivity contribution in [1.29, 1.82) is 0 Å². The molecular weight excluding hydrogens is 314 g/mol. The van der Waals surface area contributed by atoms with Gasteiger partial charge in [0.05, 0.1) is 6.54 Å². The van der Waals surface area contributed by atoms with Gasteiger partial charge in [-0.1, -0.05) is 36.4 Å². The van der Waals surface area contributed by atoms with Gasteiger partial charge in [-0.05, 0) is 17.7 Å². The van der Waals surface area contributed by atoms with Crippen molar-refractivity contribution in [2.75, 3.05) is 27.2 Å². The lowest BCUT2D eigenvalue weighted by Gasteiger charge is -2.18. The van der Waals surface area contributed by atoms with Crippen LogP contribution in [0.3, 0.4) is 0 Å². The molecule has 0 saturated heterocycles. The van der Waals surface area contributed by atoms with Crippen LogP contribution in [-0.2, 0) is 17.8 Å². The molecule has 0 bridgehead atoms. The Kier molecular flexibility index (Phi) is 7.43. The van der Waals surface area contributed by atoms with E-state index in [1.165, 1.54) is 0 Å². The fraction of sp³-hybridized carbons (Fsp3) is 0.316. The summed E-state index contributed by atoms with van der Waals surface area (Å²) < 4.78 is 0. The molecule has 0 unspecified atom stereocenters. The number of nitrogens with one attached hydrogen (secondary N) is 2. The molecule has 0 aliphatic rings. The molecule has 0 spiro atoms. The number of aliphatic imine (C=N–C) groups is 1. The second-order valence-electron chi connectivity index (χ2n) is 5.65. The second-order valence-corrected chi connectivity index (χ2v) is 5.65. The van der Waals surface area contributed by atoms with Crippen LogP contribution in [0.15, 0.2) is 59.7 Å². The van der Waals surface area contributed by atoms with Gasteiger partial charge in [0, 0.05) is 45.5 Å². The van der Waals surface area contributed by atoms with E-state index in [2.05, 4.69) is 20.6 Å². The van der Waals surface area contributed by atoms with Crippen LogP contribution in [-0.4, -0.2) is 48.9 Å². The largest absolute Gasteiger partial charge is 0.352 e. The van der Waals surface area contributed by atoms with Crippen LogP contribution < -0.4 is 10.6 Å². The summed E-state index contributed by atoms with van der Waals surface area (Å²) in [4.78, 5) is 22.3. The van der Waals surface area contributed by atoms with Crippen LogP contribution in [0.1, 0.15) is 11.3 Å². The maximum atomic E-state index is 12.2. The zero-order valence-electron chi connectivity index (χ0n) is 14.8. The Hall–Kier alpha value is -2.89. The number of nitrogens with zero attached hydrogens (tertiary/aromatic N) is 3. The van der Waals surface area contributed by atoms with Gasteiger partial charge in [0.25, 0.3) is 0 Å². The highest BCUT2D eigenvalue weighted by Crippen LogP contribution is 1.98. The fourth-order valence-corrected chi connectivity index (χ4v) is 2.25. The van der Waals surface area contributed by atoms with E-state index in [0.29, 0.717) is 19.0 Å². The van der Waals surface area contributed by atoms with Crippen molar-refractivity contribution in [3.05, 3.63) is 66.0 Å². The third kappa shape index (κ3) is 6.63. The second kappa shape index (κ2) is 10.1. The molecular formula is C19H25N5O. The summed E-state index contributed by atoms with van der Waals surface area (Å²) in [7, 11) is 3.49. The Labute approximate surface area is 149 Å². The number of carbonyl (C=O) groups is 1. The van der Waals surface area contributed by atoms with Crippen LogP contribution in [0, 0.1) is 0 Å². The number of rotatable bonds is 7. The van der Waals surface area contributed by atoms with E-state index < -0.39 is 0 Å². The summed E-state index contributed by atoms with van der Waals surface area (Å²) in [6.45, 7) is 1.49. The Morgan fingerprint density at radius 3 is 2.56 bits per heavy atom. The summed E-state index contributed by atoms with van der Waals surface area (Å²) in [5.74, 6) is 0.619. The van der Waals surface area contributed by atoms with Gasteiger partial charge >= 0.3 is 0 Å². The van der Waals surface area contributed by atoms with Crippen LogP contribution in [0.4, 0.5) is 0 Å². The Bertz CT molecular complexity index is 673. The van der Waals surface area contributed by atoms with Crippen molar-refractivity contribution >= 4 is 11.9 Å². The molecule has 0 fully saturated rings. The number of guanidine groups is 1. The van der Waals surface area contributed by atoms with Crippen LogP contribution in [0.25, 0.3) is 0 Å². The molecule has 6 heteroatoms. The summed E-state index contributed by atoms with van der Waals surface area (Å²) in [5, 5.41) is 6.25. The SMILES string of the molecule is CN=C(NCC(=O)N(C)CCc1ccccn1)NCc1ccccc1. The van der Waals surface area contributed by atoms with Gasteiger partial charge in [-0.25, -0.2) is 0 Å². The Morgan fingerprint density at radius 1 is 1.12 bits per heavy atom. The molecule has 132 valence electrons. The molecule has 0 aliphatic heterocycles. The van der Waals surface area contributed by atoms with Crippen molar-refractivity contribution in [1.82, 2.24) is 20.5 Å². The minimum Gasteiger partial charge on any atom is -0.352 e. The van der Waals surface area contributed by atoms with Gasteiger partial charge in [0.1, 0.15) is 0 Å². The number of aromatic nitrogens is 1. The number of likely N-dealkylation sites (N-methyl/N-ethyl adjacent to an activating group) is 1. The quantitative estimate of drug-likeness (QED) is 0.592. The summed E-state index contributed by atoms with van der Waals surface area (Å²) in [6, 6.07) is 15.8. The van der Waals surface area contributed by atoms with Crippen LogP contribution in [0.2, 0.25) is 0 Å². The predicted molar refractivity (Wildman–Crippen MR) is 100 cm³/mol. The molecule has 2 aromatic rings. The number of hydrogen-bond donors (Lipinski definition) is 2.